The largest absolute Gasteiger partial charge is 0.378 e. The van der Waals surface area contributed by atoms with Crippen LogP contribution in [0, 0.1) is 0 Å². The van der Waals surface area contributed by atoms with Crippen molar-refractivity contribution in [3.8, 4) is 0 Å². The predicted octanol–water partition coefficient (Wildman–Crippen LogP) is 2.39. The summed E-state index contributed by atoms with van der Waals surface area (Å²) >= 11 is 1.58. The van der Waals surface area contributed by atoms with E-state index in [0.29, 0.717) is 24.5 Å². The van der Waals surface area contributed by atoms with Gasteiger partial charge < -0.3 is 15.0 Å². The van der Waals surface area contributed by atoms with Gasteiger partial charge in [-0.2, -0.15) is 0 Å². The molecule has 4 heterocycles. The lowest BCUT2D eigenvalue weighted by molar-refractivity contribution is 0.102. The van der Waals surface area contributed by atoms with E-state index >= 15 is 0 Å². The number of morpholine rings is 1. The van der Waals surface area contributed by atoms with Gasteiger partial charge in [-0.3, -0.25) is 14.0 Å². The van der Waals surface area contributed by atoms with Gasteiger partial charge in [0, 0.05) is 31.2 Å². The van der Waals surface area contributed by atoms with Crippen molar-refractivity contribution in [1.82, 2.24) is 14.4 Å². The van der Waals surface area contributed by atoms with Gasteiger partial charge in [-0.05, 0) is 30.3 Å². The maximum absolute atomic E-state index is 12.7. The van der Waals surface area contributed by atoms with Crippen LogP contribution in [-0.2, 0) is 4.74 Å². The molecule has 146 valence electrons. The highest BCUT2D eigenvalue weighted by Gasteiger charge is 2.17. The second-order valence-electron chi connectivity index (χ2n) is 6.64. The lowest BCUT2D eigenvalue weighted by Gasteiger charge is -2.25. The molecular weight excluding hydrogens is 390 g/mol. The Morgan fingerprint density at radius 1 is 1.17 bits per heavy atom. The summed E-state index contributed by atoms with van der Waals surface area (Å²) in [6, 6.07) is 10.8. The molecule has 0 unspecified atom stereocenters. The van der Waals surface area contributed by atoms with Crippen molar-refractivity contribution in [2.75, 3.05) is 36.5 Å². The van der Waals surface area contributed by atoms with E-state index in [1.165, 1.54) is 10.6 Å². The fourth-order valence-electron chi connectivity index (χ4n) is 3.26. The van der Waals surface area contributed by atoms with E-state index in [9.17, 15) is 9.59 Å². The SMILES string of the molecule is O=C(Nc1ccc2nc(N3CCOCC3)sc2c1)c1cnc2ccccn2c1=O. The fraction of sp³-hybridized carbons (Fsp3) is 0.200. The molecule has 8 nitrogen and oxygen atoms in total. The van der Waals surface area contributed by atoms with Gasteiger partial charge in [0.2, 0.25) is 0 Å². The first-order valence-corrected chi connectivity index (χ1v) is 10.0. The van der Waals surface area contributed by atoms with E-state index in [-0.39, 0.29) is 5.56 Å². The molecule has 0 bridgehead atoms. The molecule has 0 aliphatic carbocycles. The van der Waals surface area contributed by atoms with Crippen molar-refractivity contribution in [3.63, 3.8) is 0 Å². The summed E-state index contributed by atoms with van der Waals surface area (Å²) in [6.45, 7) is 3.05. The van der Waals surface area contributed by atoms with Gasteiger partial charge >= 0.3 is 0 Å². The third-order valence-corrected chi connectivity index (χ3v) is 5.85. The molecule has 1 saturated heterocycles. The third-order valence-electron chi connectivity index (χ3n) is 4.77. The molecule has 1 fully saturated rings. The Kier molecular flexibility index (Phi) is 4.45. The molecule has 29 heavy (non-hydrogen) atoms. The zero-order valence-electron chi connectivity index (χ0n) is 15.4. The summed E-state index contributed by atoms with van der Waals surface area (Å²) in [4.78, 5) is 36.3. The molecular formula is C20H17N5O3S. The maximum atomic E-state index is 12.7. The van der Waals surface area contributed by atoms with Crippen LogP contribution in [0.5, 0.6) is 0 Å². The Morgan fingerprint density at radius 3 is 2.90 bits per heavy atom. The van der Waals surface area contributed by atoms with Crippen LogP contribution in [0.3, 0.4) is 0 Å². The summed E-state index contributed by atoms with van der Waals surface area (Å²) in [5.41, 5.74) is 1.57. The number of hydrogen-bond donors (Lipinski definition) is 1. The standard InChI is InChI=1S/C20H17N5O3S/c26-18(14-12-21-17-3-1-2-6-25(17)19(14)27)22-13-4-5-15-16(11-13)29-20(23-15)24-7-9-28-10-8-24/h1-6,11-12H,7-10H2,(H,22,26). The van der Waals surface area contributed by atoms with Crippen LogP contribution in [0.4, 0.5) is 10.8 Å². The number of amides is 1. The van der Waals surface area contributed by atoms with Gasteiger partial charge in [-0.15, -0.1) is 0 Å². The maximum Gasteiger partial charge on any atom is 0.270 e. The van der Waals surface area contributed by atoms with Crippen molar-refractivity contribution in [3.05, 3.63) is 64.7 Å². The number of carbonyl (C=O) groups is 1. The number of rotatable bonds is 3. The summed E-state index contributed by atoms with van der Waals surface area (Å²) in [7, 11) is 0. The molecule has 4 aromatic rings. The summed E-state index contributed by atoms with van der Waals surface area (Å²) < 4.78 is 7.72. The minimum atomic E-state index is -0.488. The highest BCUT2D eigenvalue weighted by molar-refractivity contribution is 7.22. The first-order chi connectivity index (χ1) is 14.2. The molecule has 0 radical (unpaired) electrons. The number of nitrogens with zero attached hydrogens (tertiary/aromatic N) is 4. The number of pyridine rings is 1. The number of aromatic nitrogens is 3. The van der Waals surface area contributed by atoms with E-state index in [2.05, 4.69) is 20.2 Å². The van der Waals surface area contributed by atoms with E-state index in [1.54, 1.807) is 41.8 Å². The van der Waals surface area contributed by atoms with Crippen molar-refractivity contribution < 1.29 is 9.53 Å². The molecule has 1 aliphatic rings. The number of nitrogens with one attached hydrogen (secondary N) is 1. The van der Waals surface area contributed by atoms with Crippen molar-refractivity contribution >= 4 is 43.9 Å². The molecule has 1 aliphatic heterocycles. The third kappa shape index (κ3) is 3.34. The number of carbonyl (C=O) groups excluding carboxylic acids is 1. The molecule has 1 aromatic carbocycles. The summed E-state index contributed by atoms with van der Waals surface area (Å²) in [6.07, 6.45) is 2.91. The molecule has 9 heteroatoms. The lowest BCUT2D eigenvalue weighted by Crippen LogP contribution is -2.36. The van der Waals surface area contributed by atoms with Crippen molar-refractivity contribution in [2.24, 2.45) is 0 Å². The summed E-state index contributed by atoms with van der Waals surface area (Å²) in [5.74, 6) is -0.488. The quantitative estimate of drug-likeness (QED) is 0.561. The minimum Gasteiger partial charge on any atom is -0.378 e. The van der Waals surface area contributed by atoms with Gasteiger partial charge in [-0.1, -0.05) is 17.4 Å². The predicted molar refractivity (Wildman–Crippen MR) is 112 cm³/mol. The zero-order valence-corrected chi connectivity index (χ0v) is 16.2. The van der Waals surface area contributed by atoms with Gasteiger partial charge in [0.1, 0.15) is 11.2 Å². The molecule has 0 atom stereocenters. The fourth-order valence-corrected chi connectivity index (χ4v) is 4.32. The number of fused-ring (bicyclic) bond motifs is 2. The van der Waals surface area contributed by atoms with E-state index in [1.807, 2.05) is 12.1 Å². The van der Waals surface area contributed by atoms with Gasteiger partial charge in [0.25, 0.3) is 11.5 Å². The van der Waals surface area contributed by atoms with Crippen LogP contribution < -0.4 is 15.8 Å². The van der Waals surface area contributed by atoms with Gasteiger partial charge in [-0.25, -0.2) is 9.97 Å². The first-order valence-electron chi connectivity index (χ1n) is 9.20. The summed E-state index contributed by atoms with van der Waals surface area (Å²) in [5, 5.41) is 3.75. The Bertz CT molecular complexity index is 1280. The van der Waals surface area contributed by atoms with Crippen molar-refractivity contribution in [2.45, 2.75) is 0 Å². The minimum absolute atomic E-state index is 0.00731. The van der Waals surface area contributed by atoms with Gasteiger partial charge in [0.15, 0.2) is 5.13 Å². The second kappa shape index (κ2) is 7.26. The first kappa shape index (κ1) is 17.8. The van der Waals surface area contributed by atoms with Crippen LogP contribution in [0.2, 0.25) is 0 Å². The average molecular weight is 407 g/mol. The lowest BCUT2D eigenvalue weighted by atomic mass is 10.2. The number of hydrogen-bond acceptors (Lipinski definition) is 7. The molecule has 0 saturated carbocycles. The second-order valence-corrected chi connectivity index (χ2v) is 7.65. The van der Waals surface area contributed by atoms with Crippen LogP contribution in [0.15, 0.2) is 53.6 Å². The Labute approximate surface area is 169 Å². The van der Waals surface area contributed by atoms with E-state index in [0.717, 1.165) is 28.4 Å². The van der Waals surface area contributed by atoms with E-state index < -0.39 is 11.5 Å². The van der Waals surface area contributed by atoms with Crippen LogP contribution in [0.25, 0.3) is 15.9 Å². The molecule has 1 N–H and O–H groups in total. The number of ether oxygens (including phenoxy) is 1. The Morgan fingerprint density at radius 2 is 2.03 bits per heavy atom. The monoisotopic (exact) mass is 407 g/mol. The number of benzene rings is 1. The molecule has 3 aromatic heterocycles. The highest BCUT2D eigenvalue weighted by Crippen LogP contribution is 2.31. The van der Waals surface area contributed by atoms with Crippen LogP contribution >= 0.6 is 11.3 Å². The molecule has 0 spiro atoms. The van der Waals surface area contributed by atoms with Gasteiger partial charge in [0.05, 0.1) is 23.4 Å². The number of anilines is 2. The number of thiazole rings is 1. The smallest absolute Gasteiger partial charge is 0.270 e. The normalized spacial score (nSPS) is 14.4. The van der Waals surface area contributed by atoms with Crippen LogP contribution in [0.1, 0.15) is 10.4 Å². The van der Waals surface area contributed by atoms with Crippen molar-refractivity contribution in [1.29, 1.82) is 0 Å². The highest BCUT2D eigenvalue weighted by atomic mass is 32.1. The average Bonchev–Trinajstić information content (AvgIpc) is 3.18. The van der Waals surface area contributed by atoms with Crippen LogP contribution in [-0.4, -0.2) is 46.6 Å². The topological polar surface area (TPSA) is 88.8 Å². The Balaban J connectivity index is 1.42. The molecule has 1 amide bonds. The van der Waals surface area contributed by atoms with E-state index in [4.69, 9.17) is 4.74 Å². The molecule has 5 rings (SSSR count). The zero-order chi connectivity index (χ0) is 19.8. The Hall–Kier alpha value is -3.30.